The van der Waals surface area contributed by atoms with Crippen LogP contribution >= 0.6 is 0 Å². The van der Waals surface area contributed by atoms with Gasteiger partial charge in [-0.3, -0.25) is 0 Å². The van der Waals surface area contributed by atoms with Crippen molar-refractivity contribution in [2.24, 2.45) is 0 Å². The average molecular weight is 172 g/mol. The fourth-order valence-electron chi connectivity index (χ4n) is 1.65. The van der Waals surface area contributed by atoms with Gasteiger partial charge in [0.1, 0.15) is 0 Å². The zero-order valence-corrected chi connectivity index (χ0v) is 9.05. The molecule has 12 heavy (non-hydrogen) atoms. The lowest BCUT2D eigenvalue weighted by molar-refractivity contribution is -0.659. The fourth-order valence-corrected chi connectivity index (χ4v) is 1.65. The van der Waals surface area contributed by atoms with E-state index in [9.17, 15) is 4.91 Å². The Kier molecular flexibility index (Phi) is 4.43. The van der Waals surface area contributed by atoms with Crippen molar-refractivity contribution in [2.75, 3.05) is 0 Å². The Morgan fingerprint density at radius 3 is 2.17 bits per heavy atom. The molecule has 1 atom stereocenters. The number of nitrogens with zero attached hydrogens (tertiary/aromatic N) is 1. The summed E-state index contributed by atoms with van der Waals surface area (Å²) in [4.78, 5) is 11.4. The molecule has 0 amide bonds. The highest BCUT2D eigenvalue weighted by atomic mass is 16.3. The number of hydrogen-bond acceptors (Lipinski definition) is 1. The molecule has 1 heterocycles. The molecule has 0 aromatic heterocycles. The van der Waals surface area contributed by atoms with Gasteiger partial charge >= 0.3 is 0 Å². The molecule has 0 radical (unpaired) electrons. The molecule has 1 aliphatic heterocycles. The lowest BCUT2D eigenvalue weighted by atomic mass is 9.90. The van der Waals surface area contributed by atoms with Crippen LogP contribution in [-0.2, 0) is 0 Å². The van der Waals surface area contributed by atoms with Gasteiger partial charge in [-0.05, 0) is 6.42 Å². The second-order valence-corrected chi connectivity index (χ2v) is 3.88. The molecule has 0 N–H and O–H groups in total. The minimum atomic E-state index is -0.113. The van der Waals surface area contributed by atoms with Crippen molar-refractivity contribution in [3.8, 4) is 0 Å². The van der Waals surface area contributed by atoms with Crippen LogP contribution in [0.15, 0.2) is 0 Å². The van der Waals surface area contributed by atoms with Crippen LogP contribution in [0.2, 0.25) is 0 Å². The summed E-state index contributed by atoms with van der Waals surface area (Å²) in [5.41, 5.74) is -0.113. The van der Waals surface area contributed by atoms with Crippen molar-refractivity contribution in [1.82, 2.24) is 0 Å². The standard InChI is InChI=1S/C8H16NO.C2H6/c1-7-5-4-6-8(2,3)9(7)10;1-2/h7H,4-6H2,1-3H3;1-2H3/q+1;. The average Bonchev–Trinajstić information content (AvgIpc) is 2.04. The third-order valence-electron chi connectivity index (χ3n) is 2.41. The highest BCUT2D eigenvalue weighted by Gasteiger charge is 2.41. The van der Waals surface area contributed by atoms with Gasteiger partial charge in [-0.25, -0.2) is 0 Å². The van der Waals surface area contributed by atoms with Crippen LogP contribution in [0.5, 0.6) is 0 Å². The second-order valence-electron chi connectivity index (χ2n) is 3.88. The van der Waals surface area contributed by atoms with Crippen LogP contribution in [0, 0.1) is 4.91 Å². The first-order valence-electron chi connectivity index (χ1n) is 5.00. The lowest BCUT2D eigenvalue weighted by Gasteiger charge is -2.24. The van der Waals surface area contributed by atoms with Crippen LogP contribution < -0.4 is 0 Å². The Morgan fingerprint density at radius 1 is 1.33 bits per heavy atom. The Labute approximate surface area is 75.9 Å². The van der Waals surface area contributed by atoms with Gasteiger partial charge in [0.2, 0.25) is 5.54 Å². The van der Waals surface area contributed by atoms with E-state index in [0.717, 1.165) is 12.8 Å². The topological polar surface area (TPSA) is 20.1 Å². The zero-order valence-electron chi connectivity index (χ0n) is 9.05. The molecule has 72 valence electrons. The molecule has 1 fully saturated rings. The summed E-state index contributed by atoms with van der Waals surface area (Å²) in [6.45, 7) is 10.1. The second kappa shape index (κ2) is 4.58. The quantitative estimate of drug-likeness (QED) is 0.514. The van der Waals surface area contributed by atoms with Gasteiger partial charge in [0, 0.05) is 43.3 Å². The van der Waals surface area contributed by atoms with Crippen molar-refractivity contribution < 1.29 is 4.76 Å². The first kappa shape index (κ1) is 11.6. The van der Waals surface area contributed by atoms with Crippen LogP contribution in [0.25, 0.3) is 0 Å². The maximum Gasteiger partial charge on any atom is 0.205 e. The van der Waals surface area contributed by atoms with E-state index < -0.39 is 0 Å². The van der Waals surface area contributed by atoms with Crippen LogP contribution in [-0.4, -0.2) is 16.3 Å². The molecule has 0 spiro atoms. The molecule has 0 bridgehead atoms. The number of rotatable bonds is 0. The highest BCUT2D eigenvalue weighted by molar-refractivity contribution is 4.72. The maximum atomic E-state index is 11.4. The summed E-state index contributed by atoms with van der Waals surface area (Å²) in [6.07, 6.45) is 3.31. The van der Waals surface area contributed by atoms with E-state index in [4.69, 9.17) is 0 Å². The van der Waals surface area contributed by atoms with Gasteiger partial charge in [0.05, 0.1) is 0 Å². The maximum absolute atomic E-state index is 11.4. The number of piperidine rings is 1. The van der Waals surface area contributed by atoms with Gasteiger partial charge in [0.15, 0.2) is 6.04 Å². The molecule has 1 unspecified atom stereocenters. The van der Waals surface area contributed by atoms with E-state index in [1.807, 2.05) is 34.6 Å². The summed E-state index contributed by atoms with van der Waals surface area (Å²) in [5, 5.41) is 0. The summed E-state index contributed by atoms with van der Waals surface area (Å²) in [6, 6.07) is 0.226. The first-order valence-corrected chi connectivity index (χ1v) is 5.00. The Hall–Kier alpha value is -0.400. The van der Waals surface area contributed by atoms with Crippen LogP contribution in [0.1, 0.15) is 53.9 Å². The van der Waals surface area contributed by atoms with Gasteiger partial charge < -0.3 is 0 Å². The summed E-state index contributed by atoms with van der Waals surface area (Å²) in [7, 11) is 0. The molecule has 2 heteroatoms. The number of nitroso groups, excluding NO2 is 1. The molecule has 0 aliphatic carbocycles. The van der Waals surface area contributed by atoms with Crippen molar-refractivity contribution in [2.45, 2.75) is 65.5 Å². The van der Waals surface area contributed by atoms with E-state index in [-0.39, 0.29) is 11.6 Å². The first-order chi connectivity index (χ1) is 5.54. The molecule has 1 aliphatic rings. The van der Waals surface area contributed by atoms with E-state index in [0.29, 0.717) is 0 Å². The van der Waals surface area contributed by atoms with Crippen LogP contribution in [0.4, 0.5) is 0 Å². The Bertz CT molecular complexity index is 152. The predicted molar refractivity (Wildman–Crippen MR) is 52.4 cm³/mol. The SMILES string of the molecule is CC.CC1CCCC(C)(C)[N+]1=O. The molecule has 0 aromatic rings. The zero-order chi connectivity index (χ0) is 9.78. The van der Waals surface area contributed by atoms with Gasteiger partial charge in [0.25, 0.3) is 0 Å². The van der Waals surface area contributed by atoms with E-state index >= 15 is 0 Å². The van der Waals surface area contributed by atoms with E-state index in [1.54, 1.807) is 0 Å². The summed E-state index contributed by atoms with van der Waals surface area (Å²) in [5.74, 6) is 0. The predicted octanol–water partition coefficient (Wildman–Crippen LogP) is 3.14. The van der Waals surface area contributed by atoms with Crippen molar-refractivity contribution in [3.63, 3.8) is 0 Å². The summed E-state index contributed by atoms with van der Waals surface area (Å²) < 4.78 is 1.25. The molecule has 1 saturated heterocycles. The van der Waals surface area contributed by atoms with E-state index in [2.05, 4.69) is 0 Å². The third kappa shape index (κ3) is 2.58. The van der Waals surface area contributed by atoms with E-state index in [1.165, 1.54) is 11.2 Å². The monoisotopic (exact) mass is 172 g/mol. The van der Waals surface area contributed by atoms with Gasteiger partial charge in [-0.1, -0.05) is 13.8 Å². The molecular formula is C10H22NO+. The molecular weight excluding hydrogens is 150 g/mol. The van der Waals surface area contributed by atoms with Crippen molar-refractivity contribution in [3.05, 3.63) is 4.91 Å². The van der Waals surface area contributed by atoms with Gasteiger partial charge in [-0.2, -0.15) is 0 Å². The van der Waals surface area contributed by atoms with Crippen molar-refractivity contribution in [1.29, 1.82) is 0 Å². The third-order valence-corrected chi connectivity index (χ3v) is 2.41. The minimum Gasteiger partial charge on any atom is -0.0683 e. The lowest BCUT2D eigenvalue weighted by Crippen LogP contribution is -2.43. The Morgan fingerprint density at radius 2 is 1.83 bits per heavy atom. The van der Waals surface area contributed by atoms with Crippen molar-refractivity contribution >= 4 is 0 Å². The minimum absolute atomic E-state index is 0.113. The normalized spacial score (nSPS) is 27.4. The Balaban J connectivity index is 0.000000561. The van der Waals surface area contributed by atoms with Crippen LogP contribution in [0.3, 0.4) is 0 Å². The fraction of sp³-hybridized carbons (Fsp3) is 1.00. The summed E-state index contributed by atoms with van der Waals surface area (Å²) >= 11 is 0. The highest BCUT2D eigenvalue weighted by Crippen LogP contribution is 2.26. The van der Waals surface area contributed by atoms with Gasteiger partial charge in [-0.15, -0.1) is 0 Å². The molecule has 0 saturated carbocycles. The number of hydrogen-bond donors (Lipinski definition) is 0. The largest absolute Gasteiger partial charge is 0.205 e. The molecule has 1 rings (SSSR count). The molecule has 2 nitrogen and oxygen atoms in total. The smallest absolute Gasteiger partial charge is 0.0683 e. The molecule has 0 aromatic carbocycles.